The number of hydrogen-bond donors (Lipinski definition) is 1. The van der Waals surface area contributed by atoms with Crippen molar-refractivity contribution >= 4 is 28.3 Å². The summed E-state index contributed by atoms with van der Waals surface area (Å²) in [4.78, 5) is 29.8. The highest BCUT2D eigenvalue weighted by atomic mass is 19.4. The van der Waals surface area contributed by atoms with Gasteiger partial charge in [-0.05, 0) is 59.7 Å². The average molecular weight is 532 g/mol. The largest absolute Gasteiger partial charge is 0.416 e. The number of fused-ring (bicyclic) bond motifs is 1. The quantitative estimate of drug-likeness (QED) is 0.328. The first-order valence-electron chi connectivity index (χ1n) is 12.8. The number of hydrogen-bond acceptors (Lipinski definition) is 3. The van der Waals surface area contributed by atoms with Crippen molar-refractivity contribution < 1.29 is 22.8 Å². The zero-order chi connectivity index (χ0) is 27.6. The molecule has 8 heteroatoms. The van der Waals surface area contributed by atoms with Gasteiger partial charge in [-0.2, -0.15) is 13.2 Å². The summed E-state index contributed by atoms with van der Waals surface area (Å²) in [5, 5.41) is 5.20. The van der Waals surface area contributed by atoms with Crippen molar-refractivity contribution in [3.8, 4) is 0 Å². The number of carbonyl (C=O) groups excluding carboxylic acids is 2. The number of halogens is 3. The summed E-state index contributed by atoms with van der Waals surface area (Å²) in [7, 11) is 0. The van der Waals surface area contributed by atoms with Crippen molar-refractivity contribution in [2.45, 2.75) is 19.1 Å². The molecule has 1 atom stereocenters. The van der Waals surface area contributed by atoms with Crippen LogP contribution in [0.2, 0.25) is 0 Å². The molecule has 1 N–H and O–H groups in total. The Morgan fingerprint density at radius 3 is 2.23 bits per heavy atom. The van der Waals surface area contributed by atoms with E-state index in [1.54, 1.807) is 35.2 Å². The van der Waals surface area contributed by atoms with Gasteiger partial charge in [0.15, 0.2) is 0 Å². The maximum absolute atomic E-state index is 13.2. The van der Waals surface area contributed by atoms with E-state index in [2.05, 4.69) is 5.32 Å². The number of alkyl halides is 3. The third kappa shape index (κ3) is 5.74. The third-order valence-electron chi connectivity index (χ3n) is 7.11. The second-order valence-corrected chi connectivity index (χ2v) is 9.67. The molecule has 4 aromatic rings. The van der Waals surface area contributed by atoms with E-state index in [1.807, 2.05) is 54.3 Å². The molecular formula is C31H28F3N3O2. The number of carbonyl (C=O) groups is 2. The minimum atomic E-state index is -4.40. The molecule has 0 aromatic heterocycles. The van der Waals surface area contributed by atoms with Crippen LogP contribution >= 0.6 is 0 Å². The van der Waals surface area contributed by atoms with Gasteiger partial charge >= 0.3 is 6.18 Å². The zero-order valence-electron chi connectivity index (χ0n) is 21.4. The summed E-state index contributed by atoms with van der Waals surface area (Å²) >= 11 is 0. The zero-order valence-corrected chi connectivity index (χ0v) is 21.4. The van der Waals surface area contributed by atoms with Crippen molar-refractivity contribution in [1.82, 2.24) is 10.2 Å². The van der Waals surface area contributed by atoms with Crippen molar-refractivity contribution in [2.24, 2.45) is 0 Å². The third-order valence-corrected chi connectivity index (χ3v) is 7.11. The molecule has 1 aliphatic heterocycles. The number of anilines is 1. The standard InChI is InChI=1S/C31H28F3N3O2/c1-21(27-14-5-8-22-7-2-3-13-28(22)27)35-29(38)23-9-4-10-24(19-23)30(39)37-17-15-36(16-18-37)26-12-6-11-25(20-26)31(32,33)34/h2-14,19-21H,15-18H2,1H3,(H,35,38)/t21-/m1/s1. The fourth-order valence-corrected chi connectivity index (χ4v) is 5.01. The first-order chi connectivity index (χ1) is 18.7. The molecule has 1 aliphatic rings. The lowest BCUT2D eigenvalue weighted by atomic mass is 9.99. The van der Waals surface area contributed by atoms with Crippen LogP contribution in [0.15, 0.2) is 91.0 Å². The van der Waals surface area contributed by atoms with Gasteiger partial charge in [-0.1, -0.05) is 54.6 Å². The molecule has 0 radical (unpaired) electrons. The van der Waals surface area contributed by atoms with Crippen molar-refractivity contribution in [1.29, 1.82) is 0 Å². The van der Waals surface area contributed by atoms with E-state index in [-0.39, 0.29) is 17.9 Å². The van der Waals surface area contributed by atoms with Crippen LogP contribution in [-0.4, -0.2) is 42.9 Å². The van der Waals surface area contributed by atoms with Crippen molar-refractivity contribution in [2.75, 3.05) is 31.1 Å². The van der Waals surface area contributed by atoms with Crippen LogP contribution in [-0.2, 0) is 6.18 Å². The summed E-state index contributed by atoms with van der Waals surface area (Å²) < 4.78 is 39.3. The molecule has 0 saturated carbocycles. The van der Waals surface area contributed by atoms with E-state index in [1.165, 1.54) is 6.07 Å². The Kier molecular flexibility index (Phi) is 7.28. The molecule has 200 valence electrons. The maximum Gasteiger partial charge on any atom is 0.416 e. The first-order valence-corrected chi connectivity index (χ1v) is 12.8. The topological polar surface area (TPSA) is 52.7 Å². The Labute approximate surface area is 224 Å². The lowest BCUT2D eigenvalue weighted by Crippen LogP contribution is -2.48. The van der Waals surface area contributed by atoms with Gasteiger partial charge in [-0.3, -0.25) is 9.59 Å². The normalized spacial score (nSPS) is 14.8. The molecular weight excluding hydrogens is 503 g/mol. The van der Waals surface area contributed by atoms with E-state index >= 15 is 0 Å². The molecule has 0 bridgehead atoms. The van der Waals surface area contributed by atoms with Gasteiger partial charge in [0.25, 0.3) is 11.8 Å². The summed E-state index contributed by atoms with van der Waals surface area (Å²) in [5.74, 6) is -0.491. The fourth-order valence-electron chi connectivity index (χ4n) is 5.01. The van der Waals surface area contributed by atoms with Crippen LogP contribution in [0.4, 0.5) is 18.9 Å². The number of benzene rings is 4. The second kappa shape index (κ2) is 10.8. The van der Waals surface area contributed by atoms with Crippen LogP contribution < -0.4 is 10.2 Å². The summed E-state index contributed by atoms with van der Waals surface area (Å²) in [5.41, 5.74) is 1.58. The minimum absolute atomic E-state index is 0.213. The van der Waals surface area contributed by atoms with E-state index in [9.17, 15) is 22.8 Å². The molecule has 1 fully saturated rings. The smallest absolute Gasteiger partial charge is 0.368 e. The van der Waals surface area contributed by atoms with Gasteiger partial charge in [0, 0.05) is 43.0 Å². The second-order valence-electron chi connectivity index (χ2n) is 9.67. The number of nitrogens with zero attached hydrogens (tertiary/aromatic N) is 2. The van der Waals surface area contributed by atoms with Crippen LogP contribution in [0.1, 0.15) is 44.8 Å². The highest BCUT2D eigenvalue weighted by molar-refractivity contribution is 6.00. The molecule has 1 saturated heterocycles. The Bertz CT molecular complexity index is 1510. The minimum Gasteiger partial charge on any atom is -0.368 e. The predicted molar refractivity (Wildman–Crippen MR) is 146 cm³/mol. The van der Waals surface area contributed by atoms with Crippen LogP contribution in [0, 0.1) is 0 Å². The summed E-state index contributed by atoms with van der Waals surface area (Å²) in [6.45, 7) is 3.48. The van der Waals surface area contributed by atoms with Crippen molar-refractivity contribution in [3.05, 3.63) is 113 Å². The van der Waals surface area contributed by atoms with Gasteiger partial charge in [0.1, 0.15) is 0 Å². The Morgan fingerprint density at radius 1 is 0.795 bits per heavy atom. The summed E-state index contributed by atoms with van der Waals surface area (Å²) in [6.07, 6.45) is -4.40. The number of amides is 2. The molecule has 1 heterocycles. The molecule has 2 amide bonds. The van der Waals surface area contributed by atoms with E-state index < -0.39 is 11.7 Å². The van der Waals surface area contributed by atoms with E-state index in [0.717, 1.165) is 28.5 Å². The van der Waals surface area contributed by atoms with Crippen LogP contribution in [0.5, 0.6) is 0 Å². The number of nitrogens with one attached hydrogen (secondary N) is 1. The molecule has 0 aliphatic carbocycles. The molecule has 0 spiro atoms. The highest BCUT2D eigenvalue weighted by Gasteiger charge is 2.31. The fraction of sp³-hybridized carbons (Fsp3) is 0.226. The number of piperazine rings is 1. The lowest BCUT2D eigenvalue weighted by Gasteiger charge is -2.36. The van der Waals surface area contributed by atoms with Gasteiger partial charge < -0.3 is 15.1 Å². The number of rotatable bonds is 5. The van der Waals surface area contributed by atoms with Crippen LogP contribution in [0.25, 0.3) is 10.8 Å². The highest BCUT2D eigenvalue weighted by Crippen LogP contribution is 2.32. The molecule has 39 heavy (non-hydrogen) atoms. The van der Waals surface area contributed by atoms with Gasteiger partial charge in [0.05, 0.1) is 11.6 Å². The van der Waals surface area contributed by atoms with Gasteiger partial charge in [-0.15, -0.1) is 0 Å². The predicted octanol–water partition coefficient (Wildman–Crippen LogP) is 6.31. The monoisotopic (exact) mass is 531 g/mol. The average Bonchev–Trinajstić information content (AvgIpc) is 2.96. The molecule has 0 unspecified atom stereocenters. The summed E-state index contributed by atoms with van der Waals surface area (Å²) in [6, 6.07) is 25.6. The molecule has 5 rings (SSSR count). The van der Waals surface area contributed by atoms with Gasteiger partial charge in [-0.25, -0.2) is 0 Å². The van der Waals surface area contributed by atoms with E-state index in [4.69, 9.17) is 0 Å². The lowest BCUT2D eigenvalue weighted by molar-refractivity contribution is -0.137. The molecule has 5 nitrogen and oxygen atoms in total. The van der Waals surface area contributed by atoms with E-state index in [0.29, 0.717) is 43.0 Å². The Hall–Kier alpha value is -4.33. The Balaban J connectivity index is 1.24. The first kappa shape index (κ1) is 26.3. The maximum atomic E-state index is 13.2. The SMILES string of the molecule is C[C@@H](NC(=O)c1cccc(C(=O)N2CCN(c3cccc(C(F)(F)F)c3)CC2)c1)c1cccc2ccccc12. The molecule has 4 aromatic carbocycles. The van der Waals surface area contributed by atoms with Crippen LogP contribution in [0.3, 0.4) is 0 Å². The Morgan fingerprint density at radius 2 is 1.46 bits per heavy atom. The van der Waals surface area contributed by atoms with Crippen molar-refractivity contribution in [3.63, 3.8) is 0 Å². The van der Waals surface area contributed by atoms with Gasteiger partial charge in [0.2, 0.25) is 0 Å².